The van der Waals surface area contributed by atoms with Crippen molar-refractivity contribution in [3.8, 4) is 5.75 Å². The van der Waals surface area contributed by atoms with E-state index in [0.717, 1.165) is 0 Å². The molecule has 1 aromatic carbocycles. The predicted molar refractivity (Wildman–Crippen MR) is 56.6 cm³/mol. The number of hydrogen-bond donors (Lipinski definition) is 1. The van der Waals surface area contributed by atoms with E-state index in [1.807, 2.05) is 0 Å². The molecule has 98 valence electrons. The van der Waals surface area contributed by atoms with Crippen LogP contribution in [0.5, 0.6) is 5.75 Å². The molecule has 7 heteroatoms. The Bertz CT molecular complexity index is 445. The summed E-state index contributed by atoms with van der Waals surface area (Å²) in [5.41, 5.74) is 0.706. The maximum absolute atomic E-state index is 12.0. The van der Waals surface area contributed by atoms with Gasteiger partial charge in [-0.3, -0.25) is 10.1 Å². The van der Waals surface area contributed by atoms with Crippen LogP contribution >= 0.6 is 0 Å². The van der Waals surface area contributed by atoms with Crippen LogP contribution in [0, 0.1) is 0 Å². The summed E-state index contributed by atoms with van der Waals surface area (Å²) < 4.78 is 39.7. The lowest BCUT2D eigenvalue weighted by molar-refractivity contribution is -0.274. The van der Waals surface area contributed by atoms with E-state index in [9.17, 15) is 18.0 Å². The van der Waals surface area contributed by atoms with E-state index in [0.29, 0.717) is 5.56 Å². The van der Waals surface area contributed by atoms with Crippen LogP contribution in [0.1, 0.15) is 11.7 Å². The third kappa shape index (κ3) is 2.73. The fraction of sp³-hybridized carbons (Fsp3) is 0.364. The summed E-state index contributed by atoms with van der Waals surface area (Å²) in [6, 6.07) is 5.43. The van der Waals surface area contributed by atoms with E-state index in [1.165, 1.54) is 29.2 Å². The Hall–Kier alpha value is -1.76. The minimum absolute atomic E-state index is 0.0596. The third-order valence-corrected chi connectivity index (χ3v) is 2.66. The third-order valence-electron chi connectivity index (χ3n) is 2.66. The molecule has 1 aromatic rings. The lowest BCUT2D eigenvalue weighted by Crippen LogP contribution is -2.25. The highest BCUT2D eigenvalue weighted by Crippen LogP contribution is 2.26. The Balaban J connectivity index is 2.11. The number of carbonyl (C=O) groups excluding carboxylic acids is 1. The van der Waals surface area contributed by atoms with Crippen molar-refractivity contribution >= 4 is 5.91 Å². The van der Waals surface area contributed by atoms with Gasteiger partial charge in [0.25, 0.3) is 0 Å². The first-order valence-corrected chi connectivity index (χ1v) is 5.21. The topological polar surface area (TPSA) is 41.6 Å². The molecular weight excluding hydrogens is 249 g/mol. The van der Waals surface area contributed by atoms with Gasteiger partial charge in [0.15, 0.2) is 0 Å². The second-order valence-electron chi connectivity index (χ2n) is 3.90. The molecule has 18 heavy (non-hydrogen) atoms. The maximum Gasteiger partial charge on any atom is 0.573 e. The molecule has 1 amide bonds. The first-order chi connectivity index (χ1) is 8.37. The van der Waals surface area contributed by atoms with Gasteiger partial charge in [0, 0.05) is 7.05 Å². The molecule has 0 spiro atoms. The first-order valence-electron chi connectivity index (χ1n) is 5.21. The average Bonchev–Trinajstić information content (AvgIpc) is 2.59. The summed E-state index contributed by atoms with van der Waals surface area (Å²) in [6.07, 6.45) is -5.00. The molecular formula is C11H11F3N2O2. The molecule has 2 rings (SSSR count). The fourth-order valence-electron chi connectivity index (χ4n) is 1.78. The molecule has 0 aromatic heterocycles. The quantitative estimate of drug-likeness (QED) is 0.879. The van der Waals surface area contributed by atoms with Crippen LogP contribution in [0.4, 0.5) is 13.2 Å². The van der Waals surface area contributed by atoms with Gasteiger partial charge in [0.1, 0.15) is 11.9 Å². The van der Waals surface area contributed by atoms with Crippen molar-refractivity contribution < 1.29 is 22.7 Å². The standard InChI is InChI=1S/C11H11F3N2O2/c1-16-9(17)6-15-10(16)7-2-4-8(5-3-7)18-11(12,13)14/h2-5,10,15H,6H2,1H3. The zero-order valence-electron chi connectivity index (χ0n) is 9.49. The number of nitrogens with one attached hydrogen (secondary N) is 1. The molecule has 1 N–H and O–H groups in total. The average molecular weight is 260 g/mol. The zero-order valence-corrected chi connectivity index (χ0v) is 9.49. The Kier molecular flexibility index (Phi) is 3.16. The van der Waals surface area contributed by atoms with E-state index in [1.54, 1.807) is 7.05 Å². The predicted octanol–water partition coefficient (Wildman–Crippen LogP) is 1.65. The minimum atomic E-state index is -4.69. The second-order valence-corrected chi connectivity index (χ2v) is 3.90. The Morgan fingerprint density at radius 3 is 2.39 bits per heavy atom. The van der Waals surface area contributed by atoms with E-state index in [4.69, 9.17) is 0 Å². The number of rotatable bonds is 2. The van der Waals surface area contributed by atoms with Gasteiger partial charge < -0.3 is 9.64 Å². The van der Waals surface area contributed by atoms with Crippen molar-refractivity contribution in [3.05, 3.63) is 29.8 Å². The molecule has 0 saturated carbocycles. The number of halogens is 3. The van der Waals surface area contributed by atoms with Crippen molar-refractivity contribution in [2.24, 2.45) is 0 Å². The van der Waals surface area contributed by atoms with Crippen LogP contribution in [0.3, 0.4) is 0 Å². The summed E-state index contributed by atoms with van der Waals surface area (Å²) in [5.74, 6) is -0.339. The molecule has 1 aliphatic heterocycles. The molecule has 1 saturated heterocycles. The van der Waals surface area contributed by atoms with Crippen LogP contribution in [0.25, 0.3) is 0 Å². The largest absolute Gasteiger partial charge is 0.573 e. The number of nitrogens with zero attached hydrogens (tertiary/aromatic N) is 1. The van der Waals surface area contributed by atoms with Gasteiger partial charge in [-0.1, -0.05) is 12.1 Å². The molecule has 1 atom stereocenters. The zero-order chi connectivity index (χ0) is 13.3. The molecule has 4 nitrogen and oxygen atoms in total. The number of benzene rings is 1. The van der Waals surface area contributed by atoms with Gasteiger partial charge in [-0.2, -0.15) is 0 Å². The fourth-order valence-corrected chi connectivity index (χ4v) is 1.78. The van der Waals surface area contributed by atoms with Gasteiger partial charge in [-0.05, 0) is 17.7 Å². The highest BCUT2D eigenvalue weighted by Gasteiger charge is 2.31. The SMILES string of the molecule is CN1C(=O)CNC1c1ccc(OC(F)(F)F)cc1. The summed E-state index contributed by atoms with van der Waals surface area (Å²) >= 11 is 0. The molecule has 1 unspecified atom stereocenters. The molecule has 0 radical (unpaired) electrons. The van der Waals surface area contributed by atoms with Crippen LogP contribution in [-0.4, -0.2) is 30.8 Å². The summed E-state index contributed by atoms with van der Waals surface area (Å²) in [4.78, 5) is 12.8. The smallest absolute Gasteiger partial charge is 0.406 e. The number of hydrogen-bond acceptors (Lipinski definition) is 3. The monoisotopic (exact) mass is 260 g/mol. The summed E-state index contributed by atoms with van der Waals surface area (Å²) in [6.45, 7) is 0.224. The Morgan fingerprint density at radius 1 is 1.33 bits per heavy atom. The van der Waals surface area contributed by atoms with E-state index >= 15 is 0 Å². The summed E-state index contributed by atoms with van der Waals surface area (Å²) in [7, 11) is 1.63. The Morgan fingerprint density at radius 2 is 1.94 bits per heavy atom. The number of ether oxygens (including phenoxy) is 1. The highest BCUT2D eigenvalue weighted by molar-refractivity contribution is 5.80. The van der Waals surface area contributed by atoms with Crippen molar-refractivity contribution in [2.45, 2.75) is 12.5 Å². The highest BCUT2D eigenvalue weighted by atomic mass is 19.4. The van der Waals surface area contributed by atoms with Crippen molar-refractivity contribution in [1.29, 1.82) is 0 Å². The maximum atomic E-state index is 12.0. The van der Waals surface area contributed by atoms with Crippen LogP contribution in [0.15, 0.2) is 24.3 Å². The van der Waals surface area contributed by atoms with Crippen LogP contribution in [-0.2, 0) is 4.79 Å². The second kappa shape index (κ2) is 4.49. The van der Waals surface area contributed by atoms with Gasteiger partial charge in [0.05, 0.1) is 6.54 Å². The van der Waals surface area contributed by atoms with Gasteiger partial charge in [-0.25, -0.2) is 0 Å². The molecule has 1 fully saturated rings. The van der Waals surface area contributed by atoms with Crippen LogP contribution < -0.4 is 10.1 Å². The number of alkyl halides is 3. The van der Waals surface area contributed by atoms with Crippen molar-refractivity contribution in [2.75, 3.05) is 13.6 Å². The first kappa shape index (κ1) is 12.7. The van der Waals surface area contributed by atoms with Crippen LogP contribution in [0.2, 0.25) is 0 Å². The van der Waals surface area contributed by atoms with E-state index in [-0.39, 0.29) is 24.4 Å². The summed E-state index contributed by atoms with van der Waals surface area (Å²) in [5, 5.41) is 2.95. The van der Waals surface area contributed by atoms with Gasteiger partial charge in [0.2, 0.25) is 5.91 Å². The van der Waals surface area contributed by atoms with E-state index in [2.05, 4.69) is 10.1 Å². The molecule has 1 heterocycles. The van der Waals surface area contributed by atoms with Gasteiger partial charge in [-0.15, -0.1) is 13.2 Å². The normalized spacial score (nSPS) is 20.3. The number of likely N-dealkylation sites (N-methyl/N-ethyl adjacent to an activating group) is 1. The van der Waals surface area contributed by atoms with Crippen molar-refractivity contribution in [3.63, 3.8) is 0 Å². The molecule has 0 bridgehead atoms. The van der Waals surface area contributed by atoms with E-state index < -0.39 is 6.36 Å². The Labute approximate surface area is 101 Å². The molecule has 0 aliphatic carbocycles. The number of carbonyl (C=O) groups is 1. The lowest BCUT2D eigenvalue weighted by Gasteiger charge is -2.20. The minimum Gasteiger partial charge on any atom is -0.406 e. The van der Waals surface area contributed by atoms with Crippen molar-refractivity contribution in [1.82, 2.24) is 10.2 Å². The molecule has 1 aliphatic rings. The number of amides is 1. The van der Waals surface area contributed by atoms with Gasteiger partial charge >= 0.3 is 6.36 Å². The lowest BCUT2D eigenvalue weighted by atomic mass is 10.1.